The fourth-order valence-corrected chi connectivity index (χ4v) is 3.52. The number of H-pyrrole nitrogens is 1. The molecule has 0 saturated carbocycles. The number of aryl methyl sites for hydroxylation is 2. The van der Waals surface area contributed by atoms with E-state index in [-0.39, 0.29) is 11.6 Å². The van der Waals surface area contributed by atoms with E-state index in [0.717, 1.165) is 34.3 Å². The molecule has 176 valence electrons. The Labute approximate surface area is 200 Å². The second-order valence-electron chi connectivity index (χ2n) is 8.49. The van der Waals surface area contributed by atoms with Crippen molar-refractivity contribution < 1.29 is 4.79 Å². The van der Waals surface area contributed by atoms with Crippen LogP contribution in [0.25, 0.3) is 22.0 Å². The summed E-state index contributed by atoms with van der Waals surface area (Å²) in [6, 6.07) is 25.5. The van der Waals surface area contributed by atoms with Gasteiger partial charge in [-0.05, 0) is 62.8 Å². The van der Waals surface area contributed by atoms with E-state index in [1.54, 1.807) is 6.07 Å². The van der Waals surface area contributed by atoms with Gasteiger partial charge in [-0.1, -0.05) is 60.2 Å². The van der Waals surface area contributed by atoms with E-state index in [2.05, 4.69) is 46.8 Å². The van der Waals surface area contributed by atoms with Gasteiger partial charge in [0.2, 0.25) is 5.56 Å². The molecule has 0 aliphatic heterocycles. The summed E-state index contributed by atoms with van der Waals surface area (Å²) in [5.41, 5.74) is 6.24. The van der Waals surface area contributed by atoms with Gasteiger partial charge in [-0.15, -0.1) is 0 Å². The van der Waals surface area contributed by atoms with Crippen LogP contribution in [0.5, 0.6) is 0 Å². The lowest BCUT2D eigenvalue weighted by molar-refractivity contribution is 0.250. The maximum Gasteiger partial charge on any atom is 0.319 e. The van der Waals surface area contributed by atoms with Crippen molar-refractivity contribution in [1.82, 2.24) is 15.2 Å². The first-order valence-corrected chi connectivity index (χ1v) is 11.3. The van der Waals surface area contributed by atoms with Crippen molar-refractivity contribution in [3.05, 3.63) is 100 Å². The number of carbonyl (C=O) groups excluding carboxylic acids is 1. The Kier molecular flexibility index (Phi) is 8.60. The van der Waals surface area contributed by atoms with Crippen LogP contribution in [0.15, 0.2) is 83.7 Å². The number of pyridine rings is 1. The van der Waals surface area contributed by atoms with Crippen LogP contribution in [0.4, 0.5) is 10.5 Å². The molecule has 1 aromatic heterocycles. The smallest absolute Gasteiger partial charge is 0.319 e. The van der Waals surface area contributed by atoms with Gasteiger partial charge in [0.15, 0.2) is 0 Å². The number of hydrogen-bond donors (Lipinski definition) is 3. The average molecular weight is 457 g/mol. The van der Waals surface area contributed by atoms with Crippen molar-refractivity contribution >= 4 is 22.6 Å². The number of para-hydroxylation sites is 1. The third-order valence-electron chi connectivity index (χ3n) is 5.30. The molecule has 1 heterocycles. The summed E-state index contributed by atoms with van der Waals surface area (Å²) in [5.74, 6) is 0. The lowest BCUT2D eigenvalue weighted by Gasteiger charge is -2.11. The van der Waals surface area contributed by atoms with Gasteiger partial charge >= 0.3 is 6.03 Å². The number of anilines is 1. The molecule has 3 aromatic carbocycles. The van der Waals surface area contributed by atoms with Crippen molar-refractivity contribution in [2.75, 3.05) is 32.5 Å². The van der Waals surface area contributed by atoms with Crippen LogP contribution in [-0.4, -0.2) is 43.1 Å². The number of urea groups is 1. The Hall–Kier alpha value is -3.90. The lowest BCUT2D eigenvalue weighted by atomic mass is 10.0. The molecule has 0 bridgehead atoms. The summed E-state index contributed by atoms with van der Waals surface area (Å²) >= 11 is 0. The number of benzene rings is 3. The first-order chi connectivity index (χ1) is 16.3. The number of carbonyl (C=O) groups is 1. The van der Waals surface area contributed by atoms with Crippen LogP contribution in [-0.2, 0) is 0 Å². The van der Waals surface area contributed by atoms with Crippen LogP contribution >= 0.6 is 0 Å². The zero-order chi connectivity index (χ0) is 24.5. The molecule has 0 atom stereocenters. The highest BCUT2D eigenvalue weighted by molar-refractivity contribution is 5.89. The minimum absolute atomic E-state index is 0.0359. The Morgan fingerprint density at radius 2 is 1.62 bits per heavy atom. The number of nitrogens with one attached hydrogen (secondary N) is 3. The van der Waals surface area contributed by atoms with Gasteiger partial charge in [-0.2, -0.15) is 0 Å². The number of nitrogens with zero attached hydrogens (tertiary/aromatic N) is 1. The third kappa shape index (κ3) is 7.32. The second-order valence-corrected chi connectivity index (χ2v) is 8.49. The highest BCUT2D eigenvalue weighted by atomic mass is 16.2. The molecule has 0 saturated heterocycles. The molecule has 6 nitrogen and oxygen atoms in total. The molecule has 4 rings (SSSR count). The van der Waals surface area contributed by atoms with Crippen molar-refractivity contribution in [2.45, 2.75) is 13.8 Å². The molecular weight excluding hydrogens is 424 g/mol. The van der Waals surface area contributed by atoms with Crippen LogP contribution in [0.1, 0.15) is 11.1 Å². The Morgan fingerprint density at radius 3 is 2.32 bits per heavy atom. The predicted molar refractivity (Wildman–Crippen MR) is 141 cm³/mol. The Balaban J connectivity index is 0.000000226. The summed E-state index contributed by atoms with van der Waals surface area (Å²) < 4.78 is 0. The van der Waals surface area contributed by atoms with Crippen LogP contribution < -0.4 is 16.2 Å². The zero-order valence-electron chi connectivity index (χ0n) is 20.2. The monoisotopic (exact) mass is 456 g/mol. The molecule has 0 unspecified atom stereocenters. The van der Waals surface area contributed by atoms with E-state index in [1.165, 1.54) is 11.1 Å². The number of hydrogen-bond acceptors (Lipinski definition) is 3. The summed E-state index contributed by atoms with van der Waals surface area (Å²) in [6.07, 6.45) is 0. The SMILES string of the molecule is Cc1cc(=O)[nH]c2ccccc12.Cc1cccc(-c2ccc(NC(=O)NCCN(C)C)cc2)c1. The summed E-state index contributed by atoms with van der Waals surface area (Å²) in [6.45, 7) is 5.47. The lowest BCUT2D eigenvalue weighted by Crippen LogP contribution is -2.34. The van der Waals surface area contributed by atoms with Crippen molar-refractivity contribution in [3.8, 4) is 11.1 Å². The van der Waals surface area contributed by atoms with Crippen LogP contribution in [0.3, 0.4) is 0 Å². The molecule has 34 heavy (non-hydrogen) atoms. The predicted octanol–water partition coefficient (Wildman–Crippen LogP) is 5.18. The van der Waals surface area contributed by atoms with Gasteiger partial charge < -0.3 is 20.5 Å². The van der Waals surface area contributed by atoms with E-state index < -0.39 is 0 Å². The number of rotatable bonds is 5. The van der Waals surface area contributed by atoms with Crippen molar-refractivity contribution in [1.29, 1.82) is 0 Å². The van der Waals surface area contributed by atoms with Crippen molar-refractivity contribution in [2.24, 2.45) is 0 Å². The number of fused-ring (bicyclic) bond motifs is 1. The summed E-state index contributed by atoms with van der Waals surface area (Å²) in [7, 11) is 3.95. The number of aromatic amines is 1. The van der Waals surface area contributed by atoms with Gasteiger partial charge in [0.05, 0.1) is 0 Å². The van der Waals surface area contributed by atoms with Gasteiger partial charge in [0.25, 0.3) is 0 Å². The first-order valence-electron chi connectivity index (χ1n) is 11.3. The Bertz CT molecular complexity index is 1290. The van der Waals surface area contributed by atoms with E-state index in [4.69, 9.17) is 0 Å². The van der Waals surface area contributed by atoms with Gasteiger partial charge in [0, 0.05) is 35.7 Å². The normalized spacial score (nSPS) is 10.5. The molecule has 0 aliphatic rings. The number of likely N-dealkylation sites (N-methyl/N-ethyl adjacent to an activating group) is 1. The standard InChI is InChI=1S/C18H23N3O.C10H9NO/c1-14-5-4-6-16(13-14)15-7-9-17(10-8-15)20-18(22)19-11-12-21(2)3;1-7-6-10(12)11-9-5-3-2-4-8(7)9/h4-10,13H,11-12H2,1-3H3,(H2,19,20,22);2-6H,1H3,(H,11,12). The minimum Gasteiger partial charge on any atom is -0.337 e. The molecular formula is C28H32N4O2. The van der Waals surface area contributed by atoms with Gasteiger partial charge in [-0.25, -0.2) is 4.79 Å². The van der Waals surface area contributed by atoms with E-state index in [1.807, 2.05) is 74.4 Å². The number of amides is 2. The quantitative estimate of drug-likeness (QED) is 0.387. The molecule has 2 amide bonds. The van der Waals surface area contributed by atoms with Crippen LogP contribution in [0, 0.1) is 13.8 Å². The maximum absolute atomic E-state index is 11.8. The zero-order valence-corrected chi connectivity index (χ0v) is 20.2. The molecule has 0 fully saturated rings. The van der Waals surface area contributed by atoms with Gasteiger partial charge in [-0.3, -0.25) is 4.79 Å². The highest BCUT2D eigenvalue weighted by Gasteiger charge is 2.03. The molecule has 6 heteroatoms. The van der Waals surface area contributed by atoms with Crippen molar-refractivity contribution in [3.63, 3.8) is 0 Å². The molecule has 4 aromatic rings. The highest BCUT2D eigenvalue weighted by Crippen LogP contribution is 2.22. The van der Waals surface area contributed by atoms with Crippen LogP contribution in [0.2, 0.25) is 0 Å². The van der Waals surface area contributed by atoms with Gasteiger partial charge in [0.1, 0.15) is 0 Å². The fourth-order valence-electron chi connectivity index (χ4n) is 3.52. The minimum atomic E-state index is -0.176. The first kappa shape index (κ1) is 24.7. The fraction of sp³-hybridized carbons (Fsp3) is 0.214. The molecule has 0 radical (unpaired) electrons. The average Bonchev–Trinajstić information content (AvgIpc) is 2.80. The van der Waals surface area contributed by atoms with E-state index in [0.29, 0.717) is 6.54 Å². The largest absolute Gasteiger partial charge is 0.337 e. The maximum atomic E-state index is 11.8. The summed E-state index contributed by atoms with van der Waals surface area (Å²) in [5, 5.41) is 6.77. The molecule has 0 aliphatic carbocycles. The van der Waals surface area contributed by atoms with E-state index in [9.17, 15) is 9.59 Å². The summed E-state index contributed by atoms with van der Waals surface area (Å²) in [4.78, 5) is 27.6. The second kappa shape index (κ2) is 11.8. The van der Waals surface area contributed by atoms with E-state index >= 15 is 0 Å². The molecule has 0 spiro atoms. The topological polar surface area (TPSA) is 77.2 Å². The third-order valence-corrected chi connectivity index (χ3v) is 5.30. The molecule has 3 N–H and O–H groups in total. The number of aromatic nitrogens is 1. The Morgan fingerprint density at radius 1 is 0.882 bits per heavy atom.